The highest BCUT2D eigenvalue weighted by atomic mass is 32.1. The number of piperazine rings is 1. The van der Waals surface area contributed by atoms with E-state index >= 15 is 0 Å². The summed E-state index contributed by atoms with van der Waals surface area (Å²) in [6, 6.07) is 16.0. The van der Waals surface area contributed by atoms with Gasteiger partial charge in [-0.25, -0.2) is 4.98 Å². The summed E-state index contributed by atoms with van der Waals surface area (Å²) < 4.78 is 5.79. The van der Waals surface area contributed by atoms with Gasteiger partial charge in [0.15, 0.2) is 0 Å². The van der Waals surface area contributed by atoms with E-state index in [1.165, 1.54) is 0 Å². The summed E-state index contributed by atoms with van der Waals surface area (Å²) >= 11 is 1.68. The average Bonchev–Trinajstić information content (AvgIpc) is 3.17. The van der Waals surface area contributed by atoms with E-state index in [0.29, 0.717) is 6.61 Å². The molecular weight excluding hydrogens is 356 g/mol. The quantitative estimate of drug-likeness (QED) is 0.628. The van der Waals surface area contributed by atoms with Crippen molar-refractivity contribution >= 4 is 11.3 Å². The lowest BCUT2D eigenvalue weighted by molar-refractivity contribution is 0.120. The molecule has 0 spiro atoms. The van der Waals surface area contributed by atoms with E-state index in [0.717, 1.165) is 61.4 Å². The fraction of sp³-hybridized carbons (Fsp3) is 0.333. The van der Waals surface area contributed by atoms with Gasteiger partial charge in [0.25, 0.3) is 0 Å². The first-order valence-electron chi connectivity index (χ1n) is 9.31. The maximum Gasteiger partial charge on any atom is 0.140 e. The molecular formula is C21H24N4OS. The van der Waals surface area contributed by atoms with Crippen LogP contribution in [-0.2, 0) is 19.7 Å². The number of hydrogen-bond acceptors (Lipinski definition) is 6. The molecule has 4 rings (SSSR count). The normalized spacial score (nSPS) is 15.7. The van der Waals surface area contributed by atoms with Crippen LogP contribution in [0, 0.1) is 0 Å². The second kappa shape index (κ2) is 9.08. The molecule has 1 fully saturated rings. The molecule has 5 nitrogen and oxygen atoms in total. The lowest BCUT2D eigenvalue weighted by Gasteiger charge is -2.34. The zero-order valence-corrected chi connectivity index (χ0v) is 16.1. The van der Waals surface area contributed by atoms with Gasteiger partial charge in [0.05, 0.1) is 11.4 Å². The Hall–Kier alpha value is -2.28. The van der Waals surface area contributed by atoms with Crippen LogP contribution in [0.5, 0.6) is 5.75 Å². The number of rotatable bonds is 7. The van der Waals surface area contributed by atoms with Gasteiger partial charge in [-0.15, -0.1) is 11.3 Å². The van der Waals surface area contributed by atoms with Crippen LogP contribution in [0.4, 0.5) is 0 Å². The molecule has 1 saturated heterocycles. The average molecular weight is 381 g/mol. The third-order valence-electron chi connectivity index (χ3n) is 4.67. The van der Waals surface area contributed by atoms with Crippen molar-refractivity contribution in [2.75, 3.05) is 26.2 Å². The van der Waals surface area contributed by atoms with Crippen LogP contribution < -0.4 is 4.74 Å². The molecule has 140 valence electrons. The topological polar surface area (TPSA) is 41.5 Å². The molecule has 0 saturated carbocycles. The summed E-state index contributed by atoms with van der Waals surface area (Å²) in [7, 11) is 0. The molecule has 0 aliphatic carbocycles. The summed E-state index contributed by atoms with van der Waals surface area (Å²) in [5, 5.41) is 3.19. The van der Waals surface area contributed by atoms with Crippen LogP contribution in [0.2, 0.25) is 0 Å². The number of benzene rings is 1. The van der Waals surface area contributed by atoms with Crippen LogP contribution >= 0.6 is 11.3 Å². The molecule has 6 heteroatoms. The van der Waals surface area contributed by atoms with Gasteiger partial charge in [-0.05, 0) is 24.3 Å². The lowest BCUT2D eigenvalue weighted by atomic mass is 10.2. The second-order valence-electron chi connectivity index (χ2n) is 6.71. The fourth-order valence-corrected chi connectivity index (χ4v) is 3.90. The Balaban J connectivity index is 1.22. The molecule has 0 bridgehead atoms. The van der Waals surface area contributed by atoms with Gasteiger partial charge in [0, 0.05) is 50.8 Å². The number of hydrogen-bond donors (Lipinski definition) is 0. The number of nitrogens with zero attached hydrogens (tertiary/aromatic N) is 4. The van der Waals surface area contributed by atoms with Crippen LogP contribution in [0.15, 0.2) is 60.1 Å². The van der Waals surface area contributed by atoms with Gasteiger partial charge in [-0.1, -0.05) is 24.3 Å². The molecule has 0 unspecified atom stereocenters. The molecule has 0 radical (unpaired) electrons. The molecule has 3 heterocycles. The highest BCUT2D eigenvalue weighted by Gasteiger charge is 2.18. The van der Waals surface area contributed by atoms with E-state index < -0.39 is 0 Å². The molecule has 2 aromatic heterocycles. The minimum Gasteiger partial charge on any atom is -0.486 e. The first kappa shape index (κ1) is 18.1. The summed E-state index contributed by atoms with van der Waals surface area (Å²) in [5.41, 5.74) is 2.29. The maximum absolute atomic E-state index is 5.79. The summed E-state index contributed by atoms with van der Waals surface area (Å²) in [5.74, 6) is 0.887. The van der Waals surface area contributed by atoms with E-state index in [2.05, 4.69) is 32.3 Å². The Morgan fingerprint density at radius 1 is 0.852 bits per heavy atom. The minimum atomic E-state index is 0.534. The predicted molar refractivity (Wildman–Crippen MR) is 108 cm³/mol. The Morgan fingerprint density at radius 2 is 1.56 bits per heavy atom. The van der Waals surface area contributed by atoms with E-state index in [1.807, 2.05) is 42.6 Å². The first-order valence-corrected chi connectivity index (χ1v) is 10.2. The summed E-state index contributed by atoms with van der Waals surface area (Å²) in [6.45, 7) is 6.67. The van der Waals surface area contributed by atoms with Crippen LogP contribution in [0.3, 0.4) is 0 Å². The number of thiazole rings is 1. The lowest BCUT2D eigenvalue weighted by Crippen LogP contribution is -2.45. The highest BCUT2D eigenvalue weighted by molar-refractivity contribution is 7.09. The summed E-state index contributed by atoms with van der Waals surface area (Å²) in [4.78, 5) is 14.1. The molecule has 3 aromatic rings. The van der Waals surface area contributed by atoms with Crippen LogP contribution in [0.25, 0.3) is 0 Å². The molecule has 1 aliphatic heterocycles. The molecule has 0 N–H and O–H groups in total. The van der Waals surface area contributed by atoms with E-state index in [9.17, 15) is 0 Å². The largest absolute Gasteiger partial charge is 0.486 e. The van der Waals surface area contributed by atoms with Crippen molar-refractivity contribution in [2.45, 2.75) is 19.7 Å². The molecule has 1 aromatic carbocycles. The zero-order valence-electron chi connectivity index (χ0n) is 15.3. The fourth-order valence-electron chi connectivity index (χ4n) is 3.20. The van der Waals surface area contributed by atoms with Crippen molar-refractivity contribution in [2.24, 2.45) is 0 Å². The Kier molecular flexibility index (Phi) is 6.09. The van der Waals surface area contributed by atoms with Gasteiger partial charge in [0.1, 0.15) is 17.4 Å². The number of para-hydroxylation sites is 1. The third kappa shape index (κ3) is 5.35. The molecule has 27 heavy (non-hydrogen) atoms. The smallest absolute Gasteiger partial charge is 0.140 e. The van der Waals surface area contributed by atoms with Crippen molar-refractivity contribution in [3.63, 3.8) is 0 Å². The number of aromatic nitrogens is 2. The van der Waals surface area contributed by atoms with E-state index in [1.54, 1.807) is 11.3 Å². The Bertz CT molecular complexity index is 816. The first-order chi connectivity index (χ1) is 13.3. The zero-order chi connectivity index (χ0) is 18.3. The highest BCUT2D eigenvalue weighted by Crippen LogP contribution is 2.17. The van der Waals surface area contributed by atoms with Gasteiger partial charge in [0.2, 0.25) is 0 Å². The maximum atomic E-state index is 5.79. The standard InChI is InChI=1S/C21H24N4OS/c1-2-7-20(8-3-1)26-16-21-23-19(17-27-21)15-25-12-10-24(11-13-25)14-18-6-4-5-9-22-18/h1-9,17H,10-16H2. The van der Waals surface area contributed by atoms with Crippen molar-refractivity contribution in [1.82, 2.24) is 19.8 Å². The SMILES string of the molecule is c1ccc(OCc2nc(CN3CCN(Cc4ccccn4)CC3)cs2)cc1. The van der Waals surface area contributed by atoms with Gasteiger partial charge >= 0.3 is 0 Å². The predicted octanol–water partition coefficient (Wildman–Crippen LogP) is 3.43. The number of ether oxygens (including phenoxy) is 1. The van der Waals surface area contributed by atoms with Crippen molar-refractivity contribution in [3.05, 3.63) is 76.5 Å². The van der Waals surface area contributed by atoms with Crippen molar-refractivity contribution < 1.29 is 4.74 Å². The van der Waals surface area contributed by atoms with Crippen LogP contribution in [-0.4, -0.2) is 45.9 Å². The van der Waals surface area contributed by atoms with Gasteiger partial charge < -0.3 is 4.74 Å². The molecule has 1 aliphatic rings. The van der Waals surface area contributed by atoms with Crippen molar-refractivity contribution in [3.8, 4) is 5.75 Å². The molecule has 0 atom stereocenters. The van der Waals surface area contributed by atoms with Crippen LogP contribution in [0.1, 0.15) is 16.4 Å². The minimum absolute atomic E-state index is 0.534. The number of pyridine rings is 1. The Labute approximate surface area is 164 Å². The second-order valence-corrected chi connectivity index (χ2v) is 7.65. The third-order valence-corrected chi connectivity index (χ3v) is 5.54. The molecule has 0 amide bonds. The monoisotopic (exact) mass is 380 g/mol. The van der Waals surface area contributed by atoms with Gasteiger partial charge in [-0.3, -0.25) is 14.8 Å². The van der Waals surface area contributed by atoms with E-state index in [-0.39, 0.29) is 0 Å². The van der Waals surface area contributed by atoms with E-state index in [4.69, 9.17) is 9.72 Å². The Morgan fingerprint density at radius 3 is 2.26 bits per heavy atom. The summed E-state index contributed by atoms with van der Waals surface area (Å²) in [6.07, 6.45) is 1.87. The van der Waals surface area contributed by atoms with Gasteiger partial charge in [-0.2, -0.15) is 0 Å². The van der Waals surface area contributed by atoms with Crippen molar-refractivity contribution in [1.29, 1.82) is 0 Å².